The molecule has 3 aliphatic rings. The van der Waals surface area contributed by atoms with E-state index in [1.807, 2.05) is 48.5 Å². The summed E-state index contributed by atoms with van der Waals surface area (Å²) in [6, 6.07) is 14.1. The van der Waals surface area contributed by atoms with Crippen molar-refractivity contribution in [1.29, 1.82) is 0 Å². The number of rotatable bonds is 7. The first-order chi connectivity index (χ1) is 17.5. The molecule has 0 bridgehead atoms. The maximum atomic E-state index is 14.3. The summed E-state index contributed by atoms with van der Waals surface area (Å²) in [5.41, 5.74) is 0.655. The fraction of sp³-hybridized carbons (Fsp3) is 0.444. The molecule has 36 heavy (non-hydrogen) atoms. The molecule has 2 saturated heterocycles. The average molecular weight is 495 g/mol. The van der Waals surface area contributed by atoms with Crippen molar-refractivity contribution >= 4 is 17.8 Å². The minimum absolute atomic E-state index is 0.150. The SMILES string of the molecule is CCOC(=O)CC1C(=O)N(Cc2ccc3c(c2)OCO3)C2(CCOCC2)C(=O)N1Cc1ccccc1. The zero-order valence-corrected chi connectivity index (χ0v) is 20.3. The van der Waals surface area contributed by atoms with Gasteiger partial charge in [0.15, 0.2) is 11.5 Å². The van der Waals surface area contributed by atoms with E-state index in [2.05, 4.69) is 0 Å². The molecule has 0 aliphatic carbocycles. The number of piperazine rings is 1. The number of fused-ring (bicyclic) bond motifs is 1. The van der Waals surface area contributed by atoms with Crippen molar-refractivity contribution in [3.8, 4) is 11.5 Å². The van der Waals surface area contributed by atoms with E-state index in [9.17, 15) is 14.4 Å². The number of benzene rings is 2. The predicted molar refractivity (Wildman–Crippen MR) is 128 cm³/mol. The molecule has 0 aromatic heterocycles. The number of ether oxygens (including phenoxy) is 4. The minimum atomic E-state index is -1.05. The highest BCUT2D eigenvalue weighted by Crippen LogP contribution is 2.40. The smallest absolute Gasteiger partial charge is 0.308 e. The van der Waals surface area contributed by atoms with Crippen molar-refractivity contribution < 1.29 is 33.3 Å². The maximum Gasteiger partial charge on any atom is 0.308 e. The number of hydrogen-bond acceptors (Lipinski definition) is 7. The molecule has 1 atom stereocenters. The van der Waals surface area contributed by atoms with Gasteiger partial charge >= 0.3 is 5.97 Å². The molecule has 9 heteroatoms. The summed E-state index contributed by atoms with van der Waals surface area (Å²) >= 11 is 0. The lowest BCUT2D eigenvalue weighted by atomic mass is 9.81. The molecule has 0 radical (unpaired) electrons. The van der Waals surface area contributed by atoms with Crippen molar-refractivity contribution in [3.05, 3.63) is 59.7 Å². The summed E-state index contributed by atoms with van der Waals surface area (Å²) in [6.07, 6.45) is 0.578. The van der Waals surface area contributed by atoms with Crippen LogP contribution in [-0.2, 0) is 36.9 Å². The second-order valence-corrected chi connectivity index (χ2v) is 9.20. The van der Waals surface area contributed by atoms with Gasteiger partial charge in [-0.3, -0.25) is 14.4 Å². The molecule has 9 nitrogen and oxygen atoms in total. The Hall–Kier alpha value is -3.59. The van der Waals surface area contributed by atoms with Crippen LogP contribution in [0.2, 0.25) is 0 Å². The third-order valence-corrected chi connectivity index (χ3v) is 7.06. The topological polar surface area (TPSA) is 94.6 Å². The van der Waals surface area contributed by atoms with Crippen LogP contribution in [0.4, 0.5) is 0 Å². The van der Waals surface area contributed by atoms with Crippen molar-refractivity contribution in [2.24, 2.45) is 0 Å². The first kappa shape index (κ1) is 24.1. The Morgan fingerprint density at radius 2 is 1.75 bits per heavy atom. The summed E-state index contributed by atoms with van der Waals surface area (Å²) in [6.45, 7) is 3.26. The van der Waals surface area contributed by atoms with Gasteiger partial charge in [-0.05, 0) is 30.2 Å². The van der Waals surface area contributed by atoms with E-state index in [0.717, 1.165) is 11.1 Å². The monoisotopic (exact) mass is 494 g/mol. The van der Waals surface area contributed by atoms with E-state index in [4.69, 9.17) is 18.9 Å². The Labute approximate surface area is 209 Å². The van der Waals surface area contributed by atoms with Crippen LogP contribution in [0.15, 0.2) is 48.5 Å². The second-order valence-electron chi connectivity index (χ2n) is 9.20. The molecule has 0 saturated carbocycles. The van der Waals surface area contributed by atoms with E-state index in [-0.39, 0.29) is 44.7 Å². The van der Waals surface area contributed by atoms with Gasteiger partial charge in [0.1, 0.15) is 11.6 Å². The van der Waals surface area contributed by atoms with Crippen LogP contribution in [0.1, 0.15) is 37.3 Å². The summed E-state index contributed by atoms with van der Waals surface area (Å²) in [4.78, 5) is 44.2. The first-order valence-electron chi connectivity index (χ1n) is 12.3. The van der Waals surface area contributed by atoms with Crippen molar-refractivity contribution in [1.82, 2.24) is 9.80 Å². The number of amides is 2. The molecule has 2 fully saturated rings. The molecule has 1 spiro atoms. The Kier molecular flexibility index (Phi) is 6.82. The minimum Gasteiger partial charge on any atom is -0.466 e. The third-order valence-electron chi connectivity index (χ3n) is 7.06. The molecule has 5 rings (SSSR count). The number of esters is 1. The first-order valence-corrected chi connectivity index (χ1v) is 12.3. The summed E-state index contributed by atoms with van der Waals surface area (Å²) in [7, 11) is 0. The molecule has 1 unspecified atom stereocenters. The number of nitrogens with zero attached hydrogens (tertiary/aromatic N) is 2. The van der Waals surface area contributed by atoms with Crippen molar-refractivity contribution in [2.45, 2.75) is 50.9 Å². The predicted octanol–water partition coefficient (Wildman–Crippen LogP) is 2.66. The molecular weight excluding hydrogens is 464 g/mol. The number of hydrogen-bond donors (Lipinski definition) is 0. The lowest BCUT2D eigenvalue weighted by Gasteiger charge is -2.53. The molecule has 0 N–H and O–H groups in total. The second kappa shape index (κ2) is 10.2. The molecular formula is C27H30N2O7. The van der Waals surface area contributed by atoms with Gasteiger partial charge in [-0.1, -0.05) is 36.4 Å². The molecule has 2 aromatic rings. The summed E-state index contributed by atoms with van der Waals surface area (Å²) < 4.78 is 21.7. The lowest BCUT2D eigenvalue weighted by Crippen LogP contribution is -2.72. The zero-order valence-electron chi connectivity index (χ0n) is 20.3. The van der Waals surface area contributed by atoms with E-state index in [0.29, 0.717) is 37.6 Å². The van der Waals surface area contributed by atoms with Crippen LogP contribution in [0.5, 0.6) is 11.5 Å². The Balaban J connectivity index is 1.52. The number of carbonyl (C=O) groups excluding carboxylic acids is 3. The van der Waals surface area contributed by atoms with Gasteiger partial charge in [0.25, 0.3) is 0 Å². The van der Waals surface area contributed by atoms with Crippen LogP contribution in [0.25, 0.3) is 0 Å². The molecule has 2 amide bonds. The van der Waals surface area contributed by atoms with Gasteiger partial charge in [-0.15, -0.1) is 0 Å². The van der Waals surface area contributed by atoms with Crippen LogP contribution >= 0.6 is 0 Å². The molecule has 190 valence electrons. The fourth-order valence-corrected chi connectivity index (χ4v) is 5.23. The van der Waals surface area contributed by atoms with Gasteiger partial charge in [-0.25, -0.2) is 0 Å². The molecule has 2 aromatic carbocycles. The highest BCUT2D eigenvalue weighted by molar-refractivity contribution is 6.01. The van der Waals surface area contributed by atoms with Crippen LogP contribution in [0.3, 0.4) is 0 Å². The van der Waals surface area contributed by atoms with Gasteiger partial charge in [0.2, 0.25) is 18.6 Å². The normalized spacial score (nSPS) is 20.6. The van der Waals surface area contributed by atoms with Crippen LogP contribution in [-0.4, -0.2) is 65.8 Å². The molecule has 3 heterocycles. The van der Waals surface area contributed by atoms with E-state index >= 15 is 0 Å². The van der Waals surface area contributed by atoms with E-state index in [1.165, 1.54) is 0 Å². The van der Waals surface area contributed by atoms with Crippen LogP contribution < -0.4 is 9.47 Å². The van der Waals surface area contributed by atoms with E-state index < -0.39 is 17.6 Å². The fourth-order valence-electron chi connectivity index (χ4n) is 5.23. The largest absolute Gasteiger partial charge is 0.466 e. The van der Waals surface area contributed by atoms with Crippen LogP contribution in [0, 0.1) is 0 Å². The highest BCUT2D eigenvalue weighted by atomic mass is 16.7. The average Bonchev–Trinajstić information content (AvgIpc) is 3.37. The third kappa shape index (κ3) is 4.51. The van der Waals surface area contributed by atoms with Gasteiger partial charge in [0.05, 0.1) is 13.0 Å². The summed E-state index contributed by atoms with van der Waals surface area (Å²) in [5, 5.41) is 0. The Bertz CT molecular complexity index is 1130. The van der Waals surface area contributed by atoms with E-state index in [1.54, 1.807) is 16.7 Å². The highest BCUT2D eigenvalue weighted by Gasteiger charge is 2.56. The van der Waals surface area contributed by atoms with Gasteiger partial charge < -0.3 is 28.7 Å². The Morgan fingerprint density at radius 1 is 1.00 bits per heavy atom. The summed E-state index contributed by atoms with van der Waals surface area (Å²) in [5.74, 6) is 0.322. The van der Waals surface area contributed by atoms with Crippen molar-refractivity contribution in [2.75, 3.05) is 26.6 Å². The van der Waals surface area contributed by atoms with Crippen molar-refractivity contribution in [3.63, 3.8) is 0 Å². The van der Waals surface area contributed by atoms with Gasteiger partial charge in [-0.2, -0.15) is 0 Å². The standard InChI is InChI=1S/C27H30N2O7/c1-2-34-24(30)15-21-25(31)29(17-20-8-9-22-23(14-20)36-18-35-22)27(10-12-33-13-11-27)26(32)28(21)16-19-6-4-3-5-7-19/h3-9,14,21H,2,10-13,15-18H2,1H3. The maximum absolute atomic E-state index is 14.3. The zero-order chi connectivity index (χ0) is 25.1. The Morgan fingerprint density at radius 3 is 2.50 bits per heavy atom. The quantitative estimate of drug-likeness (QED) is 0.546. The lowest BCUT2D eigenvalue weighted by molar-refractivity contribution is -0.181. The van der Waals surface area contributed by atoms with Gasteiger partial charge in [0, 0.05) is 39.1 Å². The number of carbonyl (C=O) groups is 3. The molecule has 3 aliphatic heterocycles.